The van der Waals surface area contributed by atoms with Crippen molar-refractivity contribution in [2.75, 3.05) is 20.3 Å². The van der Waals surface area contributed by atoms with Crippen LogP contribution in [0.25, 0.3) is 0 Å². The minimum Gasteiger partial charge on any atom is -0.496 e. The fraction of sp³-hybridized carbons (Fsp3) is 0.600. The Morgan fingerprint density at radius 1 is 1.17 bits per heavy atom. The third kappa shape index (κ3) is 5.07. The second-order valence-corrected chi connectivity index (χ2v) is 4.40. The van der Waals surface area contributed by atoms with Crippen molar-refractivity contribution >= 4 is 0 Å². The number of rotatable bonds is 9. The van der Waals surface area contributed by atoms with Crippen LogP contribution in [0.1, 0.15) is 37.3 Å². The fourth-order valence-electron chi connectivity index (χ4n) is 1.87. The lowest BCUT2D eigenvalue weighted by Gasteiger charge is -2.11. The highest BCUT2D eigenvalue weighted by molar-refractivity contribution is 5.36. The van der Waals surface area contributed by atoms with Crippen molar-refractivity contribution in [1.29, 1.82) is 0 Å². The molecule has 0 heterocycles. The Morgan fingerprint density at radius 2 is 2.00 bits per heavy atom. The Kier molecular flexibility index (Phi) is 7.46. The monoisotopic (exact) mass is 251 g/mol. The molecule has 0 saturated carbocycles. The smallest absolute Gasteiger partial charge is 0.124 e. The molecule has 0 aliphatic carbocycles. The molecule has 1 rings (SSSR count). The highest BCUT2D eigenvalue weighted by Gasteiger charge is 2.04. The number of unbranched alkanes of at least 4 members (excludes halogenated alkanes) is 2. The van der Waals surface area contributed by atoms with Crippen molar-refractivity contribution < 1.29 is 9.47 Å². The van der Waals surface area contributed by atoms with Gasteiger partial charge in [-0.15, -0.1) is 0 Å². The van der Waals surface area contributed by atoms with Gasteiger partial charge in [0.15, 0.2) is 0 Å². The second kappa shape index (κ2) is 8.95. The summed E-state index contributed by atoms with van der Waals surface area (Å²) in [4.78, 5) is 0. The molecule has 0 aromatic heterocycles. The summed E-state index contributed by atoms with van der Waals surface area (Å²) in [7, 11) is 1.70. The molecule has 102 valence electrons. The maximum Gasteiger partial charge on any atom is 0.124 e. The lowest BCUT2D eigenvalue weighted by molar-refractivity contribution is 0.115. The van der Waals surface area contributed by atoms with Crippen molar-refractivity contribution in [3.05, 3.63) is 29.3 Å². The molecular formula is C15H25NO2. The van der Waals surface area contributed by atoms with Crippen molar-refractivity contribution in [3.8, 4) is 5.75 Å². The largest absolute Gasteiger partial charge is 0.496 e. The molecular weight excluding hydrogens is 226 g/mol. The van der Waals surface area contributed by atoms with Gasteiger partial charge in [0.1, 0.15) is 5.75 Å². The first-order valence-electron chi connectivity index (χ1n) is 6.75. The van der Waals surface area contributed by atoms with Gasteiger partial charge in [0.2, 0.25) is 0 Å². The number of benzene rings is 1. The average Bonchev–Trinajstić information content (AvgIpc) is 2.42. The minimum atomic E-state index is 0.625. The lowest BCUT2D eigenvalue weighted by atomic mass is 10.1. The van der Waals surface area contributed by atoms with Crippen LogP contribution < -0.4 is 10.5 Å². The molecule has 0 aliphatic rings. The Balaban J connectivity index is 2.39. The molecule has 0 bridgehead atoms. The summed E-state index contributed by atoms with van der Waals surface area (Å²) < 4.78 is 11.0. The molecule has 18 heavy (non-hydrogen) atoms. The lowest BCUT2D eigenvalue weighted by Crippen LogP contribution is -2.01. The highest BCUT2D eigenvalue weighted by Crippen LogP contribution is 2.21. The van der Waals surface area contributed by atoms with Crippen molar-refractivity contribution in [1.82, 2.24) is 0 Å². The van der Waals surface area contributed by atoms with Gasteiger partial charge in [-0.3, -0.25) is 0 Å². The van der Waals surface area contributed by atoms with Gasteiger partial charge in [-0.1, -0.05) is 13.0 Å². The Labute approximate surface area is 110 Å². The molecule has 2 N–H and O–H groups in total. The topological polar surface area (TPSA) is 44.5 Å². The van der Waals surface area contributed by atoms with E-state index in [-0.39, 0.29) is 0 Å². The maximum atomic E-state index is 5.69. The third-order valence-corrected chi connectivity index (χ3v) is 3.00. The number of aryl methyl sites for hydroxylation is 1. The highest BCUT2D eigenvalue weighted by atomic mass is 16.5. The molecule has 3 heteroatoms. The van der Waals surface area contributed by atoms with Crippen LogP contribution in [0, 0.1) is 0 Å². The maximum absolute atomic E-state index is 5.69. The van der Waals surface area contributed by atoms with Crippen LogP contribution in [-0.4, -0.2) is 20.3 Å². The number of ether oxygens (including phenoxy) is 2. The van der Waals surface area contributed by atoms with E-state index in [1.807, 2.05) is 6.07 Å². The first kappa shape index (κ1) is 15.0. The summed E-state index contributed by atoms with van der Waals surface area (Å²) >= 11 is 0. The van der Waals surface area contributed by atoms with E-state index in [2.05, 4.69) is 19.1 Å². The van der Waals surface area contributed by atoms with Gasteiger partial charge in [-0.05, 0) is 49.9 Å². The molecule has 0 saturated heterocycles. The van der Waals surface area contributed by atoms with E-state index < -0.39 is 0 Å². The molecule has 0 radical (unpaired) electrons. The molecule has 3 nitrogen and oxygen atoms in total. The average molecular weight is 251 g/mol. The first-order chi connectivity index (χ1) is 8.81. The van der Waals surface area contributed by atoms with E-state index in [0.29, 0.717) is 6.61 Å². The molecule has 0 amide bonds. The third-order valence-electron chi connectivity index (χ3n) is 3.00. The molecule has 0 unspecified atom stereocenters. The quantitative estimate of drug-likeness (QED) is 0.686. The molecule has 0 aliphatic heterocycles. The number of hydrogen-bond acceptors (Lipinski definition) is 3. The summed E-state index contributed by atoms with van der Waals surface area (Å²) in [6, 6.07) is 6.29. The first-order valence-corrected chi connectivity index (χ1v) is 6.75. The zero-order chi connectivity index (χ0) is 13.2. The number of nitrogens with two attached hydrogens (primary N) is 1. The van der Waals surface area contributed by atoms with Crippen molar-refractivity contribution in [2.45, 2.75) is 39.2 Å². The van der Waals surface area contributed by atoms with Crippen LogP contribution in [0.4, 0.5) is 0 Å². The van der Waals surface area contributed by atoms with E-state index in [4.69, 9.17) is 15.2 Å². The van der Waals surface area contributed by atoms with Gasteiger partial charge >= 0.3 is 0 Å². The predicted octanol–water partition coefficient (Wildman–Crippen LogP) is 2.90. The van der Waals surface area contributed by atoms with Crippen molar-refractivity contribution in [3.63, 3.8) is 0 Å². The second-order valence-electron chi connectivity index (χ2n) is 4.40. The van der Waals surface area contributed by atoms with E-state index in [0.717, 1.165) is 50.1 Å². The van der Waals surface area contributed by atoms with Crippen LogP contribution in [-0.2, 0) is 17.8 Å². The van der Waals surface area contributed by atoms with E-state index >= 15 is 0 Å². The normalized spacial score (nSPS) is 10.6. The van der Waals surface area contributed by atoms with Crippen LogP contribution >= 0.6 is 0 Å². The van der Waals surface area contributed by atoms with E-state index in [1.165, 1.54) is 5.56 Å². The fourth-order valence-corrected chi connectivity index (χ4v) is 1.87. The Bertz CT molecular complexity index is 339. The van der Waals surface area contributed by atoms with Crippen molar-refractivity contribution in [2.24, 2.45) is 5.73 Å². The SMILES string of the molecule is CCc1ccc(OC)c(COCCCCCN)c1. The Hall–Kier alpha value is -1.06. The number of hydrogen-bond donors (Lipinski definition) is 1. The Morgan fingerprint density at radius 3 is 2.67 bits per heavy atom. The summed E-state index contributed by atoms with van der Waals surface area (Å²) in [6.07, 6.45) is 4.33. The van der Waals surface area contributed by atoms with Gasteiger partial charge in [0.25, 0.3) is 0 Å². The number of methoxy groups -OCH3 is 1. The summed E-state index contributed by atoms with van der Waals surface area (Å²) in [6.45, 7) is 4.34. The van der Waals surface area contributed by atoms with Gasteiger partial charge in [0.05, 0.1) is 13.7 Å². The zero-order valence-corrected chi connectivity index (χ0v) is 11.6. The minimum absolute atomic E-state index is 0.625. The van der Waals surface area contributed by atoms with Crippen LogP contribution in [0.3, 0.4) is 0 Å². The van der Waals surface area contributed by atoms with Gasteiger partial charge < -0.3 is 15.2 Å². The predicted molar refractivity (Wildman–Crippen MR) is 74.9 cm³/mol. The summed E-state index contributed by atoms with van der Waals surface area (Å²) in [5.41, 5.74) is 7.90. The molecule has 0 atom stereocenters. The summed E-state index contributed by atoms with van der Waals surface area (Å²) in [5, 5.41) is 0. The van der Waals surface area contributed by atoms with Gasteiger partial charge in [0, 0.05) is 12.2 Å². The molecule has 0 spiro atoms. The van der Waals surface area contributed by atoms with Gasteiger partial charge in [-0.25, -0.2) is 0 Å². The molecule has 0 fully saturated rings. The van der Waals surface area contributed by atoms with Crippen LogP contribution in [0.15, 0.2) is 18.2 Å². The van der Waals surface area contributed by atoms with E-state index in [1.54, 1.807) is 7.11 Å². The van der Waals surface area contributed by atoms with Gasteiger partial charge in [-0.2, -0.15) is 0 Å². The standard InChI is InChI=1S/C15H25NO2/c1-3-13-7-8-15(17-2)14(11-13)12-18-10-6-4-5-9-16/h7-8,11H,3-6,9-10,12,16H2,1-2H3. The van der Waals surface area contributed by atoms with E-state index in [9.17, 15) is 0 Å². The van der Waals surface area contributed by atoms with Crippen LogP contribution in [0.5, 0.6) is 5.75 Å². The molecule has 1 aromatic carbocycles. The summed E-state index contributed by atoms with van der Waals surface area (Å²) in [5.74, 6) is 0.911. The van der Waals surface area contributed by atoms with Crippen LogP contribution in [0.2, 0.25) is 0 Å². The zero-order valence-electron chi connectivity index (χ0n) is 11.6. The molecule has 1 aromatic rings.